The van der Waals surface area contributed by atoms with Crippen LogP contribution in [-0.2, 0) is 0 Å². The first kappa shape index (κ1) is 11.3. The van der Waals surface area contributed by atoms with Crippen molar-refractivity contribution >= 4 is 5.69 Å². The summed E-state index contributed by atoms with van der Waals surface area (Å²) >= 11 is 0. The third-order valence-corrected chi connectivity index (χ3v) is 2.31. The molecular weight excluding hydrogens is 214 g/mol. The summed E-state index contributed by atoms with van der Waals surface area (Å²) < 4.78 is 10.6. The van der Waals surface area contributed by atoms with E-state index in [1.807, 2.05) is 43.4 Å². The largest absolute Gasteiger partial charge is 0.454 e. The van der Waals surface area contributed by atoms with Crippen LogP contribution in [0.1, 0.15) is 6.92 Å². The van der Waals surface area contributed by atoms with E-state index in [1.165, 1.54) is 0 Å². The summed E-state index contributed by atoms with van der Waals surface area (Å²) in [7, 11) is 0. The maximum Gasteiger partial charge on any atom is 0.231 e. The standard InChI is InChI=1S/C14H15NO2/c1-3-4-5-6-11(2)15-12-7-8-13-14(9-12)17-10-16-13/h3-9,15H,1,10H2,2H3/b5-4-,11-6+. The molecule has 88 valence electrons. The zero-order valence-corrected chi connectivity index (χ0v) is 9.77. The second kappa shape index (κ2) is 5.25. The lowest BCUT2D eigenvalue weighted by atomic mass is 10.2. The van der Waals surface area contributed by atoms with Crippen LogP contribution in [0.3, 0.4) is 0 Å². The van der Waals surface area contributed by atoms with Crippen molar-refractivity contribution in [3.63, 3.8) is 0 Å². The third-order valence-electron chi connectivity index (χ3n) is 2.31. The lowest BCUT2D eigenvalue weighted by Gasteiger charge is -2.06. The molecule has 0 atom stereocenters. The quantitative estimate of drug-likeness (QED) is 0.802. The van der Waals surface area contributed by atoms with Crippen LogP contribution >= 0.6 is 0 Å². The van der Waals surface area contributed by atoms with Gasteiger partial charge in [0, 0.05) is 17.5 Å². The van der Waals surface area contributed by atoms with E-state index in [0.717, 1.165) is 22.9 Å². The molecule has 0 unspecified atom stereocenters. The molecule has 0 bridgehead atoms. The van der Waals surface area contributed by atoms with Crippen LogP contribution in [0.5, 0.6) is 11.5 Å². The second-order valence-corrected chi connectivity index (χ2v) is 3.66. The van der Waals surface area contributed by atoms with Crippen molar-refractivity contribution < 1.29 is 9.47 Å². The number of hydrogen-bond acceptors (Lipinski definition) is 3. The average Bonchev–Trinajstić information content (AvgIpc) is 2.76. The first-order valence-corrected chi connectivity index (χ1v) is 5.42. The van der Waals surface area contributed by atoms with Gasteiger partial charge in [0.2, 0.25) is 6.79 Å². The summed E-state index contributed by atoms with van der Waals surface area (Å²) in [6.45, 7) is 5.91. The monoisotopic (exact) mass is 229 g/mol. The number of hydrogen-bond donors (Lipinski definition) is 1. The van der Waals surface area contributed by atoms with Crippen molar-refractivity contribution in [1.29, 1.82) is 0 Å². The summed E-state index contributed by atoms with van der Waals surface area (Å²) in [4.78, 5) is 0. The summed E-state index contributed by atoms with van der Waals surface area (Å²) in [6.07, 6.45) is 7.53. The molecule has 0 saturated heterocycles. The van der Waals surface area contributed by atoms with Gasteiger partial charge >= 0.3 is 0 Å². The Kier molecular flexibility index (Phi) is 3.50. The Morgan fingerprint density at radius 2 is 2.12 bits per heavy atom. The van der Waals surface area contributed by atoms with Crippen molar-refractivity contribution in [2.75, 3.05) is 12.1 Å². The minimum atomic E-state index is 0.301. The van der Waals surface area contributed by atoms with Crippen molar-refractivity contribution in [3.8, 4) is 11.5 Å². The number of fused-ring (bicyclic) bond motifs is 1. The lowest BCUT2D eigenvalue weighted by molar-refractivity contribution is 0.174. The summed E-state index contributed by atoms with van der Waals surface area (Å²) in [5.41, 5.74) is 2.02. The molecule has 3 heteroatoms. The molecule has 0 aromatic heterocycles. The van der Waals surface area contributed by atoms with E-state index < -0.39 is 0 Å². The summed E-state index contributed by atoms with van der Waals surface area (Å²) in [6, 6.07) is 5.79. The first-order valence-electron chi connectivity index (χ1n) is 5.42. The molecule has 0 saturated carbocycles. The Labute approximate surface area is 101 Å². The third kappa shape index (κ3) is 2.91. The lowest BCUT2D eigenvalue weighted by Crippen LogP contribution is -1.94. The molecule has 1 aliphatic heterocycles. The van der Waals surface area contributed by atoms with Crippen LogP contribution in [0.2, 0.25) is 0 Å². The van der Waals surface area contributed by atoms with E-state index >= 15 is 0 Å². The molecule has 1 aliphatic rings. The number of nitrogens with one attached hydrogen (secondary N) is 1. The Balaban J connectivity index is 2.06. The van der Waals surface area contributed by atoms with Crippen LogP contribution in [0.25, 0.3) is 0 Å². The summed E-state index contributed by atoms with van der Waals surface area (Å²) in [5.74, 6) is 1.58. The normalized spacial score (nSPS) is 14.1. The fourth-order valence-electron chi connectivity index (χ4n) is 1.52. The van der Waals surface area contributed by atoms with Crippen LogP contribution in [-0.4, -0.2) is 6.79 Å². The SMILES string of the molecule is C=C/C=C\C=C(/C)Nc1ccc2c(c1)OCO2. The number of anilines is 1. The van der Waals surface area contributed by atoms with E-state index in [4.69, 9.17) is 9.47 Å². The zero-order chi connectivity index (χ0) is 12.1. The maximum atomic E-state index is 5.31. The molecule has 0 radical (unpaired) electrons. The summed E-state index contributed by atoms with van der Waals surface area (Å²) in [5, 5.41) is 3.27. The Hall–Kier alpha value is -2.16. The van der Waals surface area contributed by atoms with Gasteiger partial charge in [0.25, 0.3) is 0 Å². The second-order valence-electron chi connectivity index (χ2n) is 3.66. The predicted octanol–water partition coefficient (Wildman–Crippen LogP) is 3.47. The number of ether oxygens (including phenoxy) is 2. The van der Waals surface area contributed by atoms with E-state index in [0.29, 0.717) is 6.79 Å². The van der Waals surface area contributed by atoms with Crippen LogP contribution in [0, 0.1) is 0 Å². The van der Waals surface area contributed by atoms with Gasteiger partial charge < -0.3 is 14.8 Å². The van der Waals surface area contributed by atoms with Crippen molar-refractivity contribution in [1.82, 2.24) is 0 Å². The van der Waals surface area contributed by atoms with Gasteiger partial charge in [-0.3, -0.25) is 0 Å². The van der Waals surface area contributed by atoms with Gasteiger partial charge in [-0.05, 0) is 25.1 Å². The minimum absolute atomic E-state index is 0.301. The highest BCUT2D eigenvalue weighted by atomic mass is 16.7. The molecule has 2 rings (SSSR count). The molecule has 17 heavy (non-hydrogen) atoms. The number of rotatable bonds is 4. The van der Waals surface area contributed by atoms with Gasteiger partial charge in [0.1, 0.15) is 0 Å². The molecule has 1 N–H and O–H groups in total. The molecule has 1 aromatic rings. The van der Waals surface area contributed by atoms with Crippen molar-refractivity contribution in [2.24, 2.45) is 0 Å². The Bertz CT molecular complexity index is 475. The van der Waals surface area contributed by atoms with Gasteiger partial charge in [-0.25, -0.2) is 0 Å². The predicted molar refractivity (Wildman–Crippen MR) is 69.3 cm³/mol. The maximum absolute atomic E-state index is 5.31. The van der Waals surface area contributed by atoms with E-state index in [2.05, 4.69) is 11.9 Å². The van der Waals surface area contributed by atoms with Crippen LogP contribution < -0.4 is 14.8 Å². The molecule has 3 nitrogen and oxygen atoms in total. The highest BCUT2D eigenvalue weighted by Crippen LogP contribution is 2.34. The fourth-order valence-corrected chi connectivity index (χ4v) is 1.52. The van der Waals surface area contributed by atoms with E-state index in [1.54, 1.807) is 6.08 Å². The first-order chi connectivity index (χ1) is 8.29. The van der Waals surface area contributed by atoms with Crippen molar-refractivity contribution in [2.45, 2.75) is 6.92 Å². The number of benzene rings is 1. The molecule has 0 fully saturated rings. The highest BCUT2D eigenvalue weighted by molar-refractivity contribution is 5.57. The van der Waals surface area contributed by atoms with Gasteiger partial charge in [0.05, 0.1) is 0 Å². The molecular formula is C14H15NO2. The van der Waals surface area contributed by atoms with E-state index in [-0.39, 0.29) is 0 Å². The minimum Gasteiger partial charge on any atom is -0.454 e. The molecule has 1 heterocycles. The Morgan fingerprint density at radius 3 is 2.94 bits per heavy atom. The Morgan fingerprint density at radius 1 is 1.29 bits per heavy atom. The fraction of sp³-hybridized carbons (Fsp3) is 0.143. The van der Waals surface area contributed by atoms with Gasteiger partial charge in [0.15, 0.2) is 11.5 Å². The molecule has 0 amide bonds. The molecule has 1 aromatic carbocycles. The van der Waals surface area contributed by atoms with E-state index in [9.17, 15) is 0 Å². The zero-order valence-electron chi connectivity index (χ0n) is 9.77. The van der Waals surface area contributed by atoms with Crippen LogP contribution in [0.4, 0.5) is 5.69 Å². The van der Waals surface area contributed by atoms with Gasteiger partial charge in [-0.2, -0.15) is 0 Å². The molecule has 0 aliphatic carbocycles. The topological polar surface area (TPSA) is 30.5 Å². The van der Waals surface area contributed by atoms with Gasteiger partial charge in [-0.1, -0.05) is 24.8 Å². The molecule has 0 spiro atoms. The smallest absolute Gasteiger partial charge is 0.231 e. The van der Waals surface area contributed by atoms with Crippen LogP contribution in [0.15, 0.2) is 54.8 Å². The van der Waals surface area contributed by atoms with Gasteiger partial charge in [-0.15, -0.1) is 0 Å². The van der Waals surface area contributed by atoms with Crippen molar-refractivity contribution in [3.05, 3.63) is 54.8 Å². The highest BCUT2D eigenvalue weighted by Gasteiger charge is 2.12. The number of allylic oxidation sites excluding steroid dienone is 5. The average molecular weight is 229 g/mol.